The smallest absolute Gasteiger partial charge is 0.181 e. The van der Waals surface area contributed by atoms with Gasteiger partial charge in [-0.15, -0.1) is 0 Å². The van der Waals surface area contributed by atoms with Gasteiger partial charge in [0.15, 0.2) is 5.65 Å². The summed E-state index contributed by atoms with van der Waals surface area (Å²) < 4.78 is 16.0. The van der Waals surface area contributed by atoms with Gasteiger partial charge in [0.1, 0.15) is 11.6 Å². The van der Waals surface area contributed by atoms with Crippen LogP contribution in [0.5, 0.6) is 0 Å². The summed E-state index contributed by atoms with van der Waals surface area (Å²) in [5, 5.41) is 9.20. The van der Waals surface area contributed by atoms with E-state index in [9.17, 15) is 4.39 Å². The fourth-order valence-electron chi connectivity index (χ4n) is 4.18. The second-order valence-electron chi connectivity index (χ2n) is 8.02. The van der Waals surface area contributed by atoms with Crippen molar-refractivity contribution in [2.45, 2.75) is 6.92 Å². The number of nitrogens with two attached hydrogens (primary N) is 1. The van der Waals surface area contributed by atoms with Crippen molar-refractivity contribution >= 4 is 27.6 Å². The fraction of sp³-hybridized carbons (Fsp3) is 0.0833. The second kappa shape index (κ2) is 6.99. The zero-order chi connectivity index (χ0) is 22.7. The first-order valence-electron chi connectivity index (χ1n) is 10.4. The Bertz CT molecular complexity index is 1650. The van der Waals surface area contributed by atoms with Crippen LogP contribution in [0.25, 0.3) is 55.8 Å². The molecule has 6 aromatic rings. The Morgan fingerprint density at radius 2 is 1.85 bits per heavy atom. The molecule has 0 bridgehead atoms. The number of fused-ring (bicyclic) bond motifs is 2. The molecule has 0 saturated carbocycles. The van der Waals surface area contributed by atoms with E-state index in [4.69, 9.17) is 5.73 Å². The summed E-state index contributed by atoms with van der Waals surface area (Å²) in [6, 6.07) is 10.3. The number of pyridine rings is 2. The van der Waals surface area contributed by atoms with Crippen LogP contribution < -0.4 is 5.73 Å². The van der Waals surface area contributed by atoms with E-state index in [0.717, 1.165) is 44.8 Å². The Balaban J connectivity index is 1.52. The average Bonchev–Trinajstić information content (AvgIpc) is 3.49. The molecular formula is C24H19FN8. The third kappa shape index (κ3) is 3.05. The highest BCUT2D eigenvalue weighted by Crippen LogP contribution is 2.34. The molecule has 0 spiro atoms. The van der Waals surface area contributed by atoms with Crippen molar-refractivity contribution in [3.63, 3.8) is 0 Å². The van der Waals surface area contributed by atoms with Crippen LogP contribution in [0.4, 0.5) is 10.1 Å². The molecule has 1 aromatic carbocycles. The molecule has 0 radical (unpaired) electrons. The summed E-state index contributed by atoms with van der Waals surface area (Å²) in [7, 11) is 1.98. The van der Waals surface area contributed by atoms with Gasteiger partial charge in [0.25, 0.3) is 0 Å². The number of imidazole rings is 1. The van der Waals surface area contributed by atoms with Crippen molar-refractivity contribution in [1.29, 1.82) is 0 Å². The van der Waals surface area contributed by atoms with Gasteiger partial charge in [0.2, 0.25) is 0 Å². The van der Waals surface area contributed by atoms with Crippen LogP contribution in [-0.2, 0) is 7.05 Å². The number of rotatable bonds is 3. The van der Waals surface area contributed by atoms with Crippen molar-refractivity contribution in [2.24, 2.45) is 7.05 Å². The molecule has 33 heavy (non-hydrogen) atoms. The van der Waals surface area contributed by atoms with Crippen LogP contribution in [-0.4, -0.2) is 34.7 Å². The third-order valence-corrected chi connectivity index (χ3v) is 5.94. The van der Waals surface area contributed by atoms with E-state index in [1.54, 1.807) is 18.5 Å². The number of nitrogens with one attached hydrogen (secondary N) is 2. The minimum absolute atomic E-state index is 0.350. The number of aromatic nitrogens is 7. The number of aryl methyl sites for hydroxylation is 1. The minimum Gasteiger partial charge on any atom is -0.399 e. The standard InChI is InChI=1S/C24H19FN8/c1-12-28-11-21(33(12)2)14-7-18-23(31-32-24(18)29-10-14)20-9-17-19(30-20)3-4-27-22(17)13-5-15(25)8-16(26)6-13/h3-11,30H,26H2,1-2H3,(H,29,31,32). The number of aromatic amines is 2. The van der Waals surface area contributed by atoms with E-state index < -0.39 is 5.82 Å². The summed E-state index contributed by atoms with van der Waals surface area (Å²) in [4.78, 5) is 16.8. The molecule has 0 amide bonds. The van der Waals surface area contributed by atoms with Gasteiger partial charge in [-0.3, -0.25) is 10.1 Å². The lowest BCUT2D eigenvalue weighted by Gasteiger charge is -2.04. The van der Waals surface area contributed by atoms with Crippen molar-refractivity contribution in [3.05, 3.63) is 66.6 Å². The Hall–Kier alpha value is -4.53. The zero-order valence-electron chi connectivity index (χ0n) is 17.9. The Labute approximate surface area is 187 Å². The summed E-state index contributed by atoms with van der Waals surface area (Å²) in [5.74, 6) is 0.522. The third-order valence-electron chi connectivity index (χ3n) is 5.94. The molecule has 0 atom stereocenters. The molecule has 0 saturated heterocycles. The lowest BCUT2D eigenvalue weighted by molar-refractivity contribution is 0.629. The van der Waals surface area contributed by atoms with E-state index in [2.05, 4.69) is 36.2 Å². The first kappa shape index (κ1) is 19.2. The highest BCUT2D eigenvalue weighted by atomic mass is 19.1. The van der Waals surface area contributed by atoms with Gasteiger partial charge < -0.3 is 15.3 Å². The Morgan fingerprint density at radius 1 is 0.970 bits per heavy atom. The van der Waals surface area contributed by atoms with Crippen LogP contribution in [0.3, 0.4) is 0 Å². The molecular weight excluding hydrogens is 419 g/mol. The molecule has 8 nitrogen and oxygen atoms in total. The SMILES string of the molecule is Cc1ncc(-c2cnc3n[nH]c(-c4cc5c(-c6cc(N)cc(F)c6)nccc5[nH]4)c3c2)n1C. The van der Waals surface area contributed by atoms with Gasteiger partial charge in [-0.25, -0.2) is 14.4 Å². The highest BCUT2D eigenvalue weighted by molar-refractivity contribution is 6.00. The van der Waals surface area contributed by atoms with Gasteiger partial charge in [0, 0.05) is 52.5 Å². The van der Waals surface area contributed by atoms with Crippen LogP contribution in [0.1, 0.15) is 5.82 Å². The predicted molar refractivity (Wildman–Crippen MR) is 126 cm³/mol. The summed E-state index contributed by atoms with van der Waals surface area (Å²) in [6.45, 7) is 1.96. The van der Waals surface area contributed by atoms with Crippen LogP contribution in [0, 0.1) is 12.7 Å². The normalized spacial score (nSPS) is 11.6. The number of nitrogens with zero attached hydrogens (tertiary/aromatic N) is 5. The number of benzene rings is 1. The Kier molecular flexibility index (Phi) is 4.06. The van der Waals surface area contributed by atoms with E-state index in [0.29, 0.717) is 22.6 Å². The number of nitrogen functional groups attached to an aromatic ring is 1. The van der Waals surface area contributed by atoms with E-state index in [-0.39, 0.29) is 0 Å². The largest absolute Gasteiger partial charge is 0.399 e. The van der Waals surface area contributed by atoms with Gasteiger partial charge in [-0.05, 0) is 43.3 Å². The number of hydrogen-bond donors (Lipinski definition) is 3. The van der Waals surface area contributed by atoms with Gasteiger partial charge >= 0.3 is 0 Å². The first-order valence-corrected chi connectivity index (χ1v) is 10.4. The molecule has 0 aliphatic rings. The van der Waals surface area contributed by atoms with E-state index in [1.165, 1.54) is 12.1 Å². The monoisotopic (exact) mass is 438 g/mol. The molecule has 0 aliphatic heterocycles. The minimum atomic E-state index is -0.400. The number of anilines is 1. The van der Waals surface area contributed by atoms with Crippen molar-refractivity contribution in [3.8, 4) is 33.9 Å². The van der Waals surface area contributed by atoms with Gasteiger partial charge in [0.05, 0.1) is 29.0 Å². The molecule has 5 aromatic heterocycles. The van der Waals surface area contributed by atoms with Crippen molar-refractivity contribution in [1.82, 2.24) is 34.7 Å². The number of hydrogen-bond acceptors (Lipinski definition) is 5. The number of halogens is 1. The molecule has 4 N–H and O–H groups in total. The first-order chi connectivity index (χ1) is 16.0. The molecule has 0 unspecified atom stereocenters. The lowest BCUT2D eigenvalue weighted by Crippen LogP contribution is -1.94. The summed E-state index contributed by atoms with van der Waals surface area (Å²) in [6.07, 6.45) is 5.32. The highest BCUT2D eigenvalue weighted by Gasteiger charge is 2.16. The summed E-state index contributed by atoms with van der Waals surface area (Å²) >= 11 is 0. The lowest BCUT2D eigenvalue weighted by atomic mass is 10.1. The van der Waals surface area contributed by atoms with Crippen LogP contribution in [0.2, 0.25) is 0 Å². The van der Waals surface area contributed by atoms with Gasteiger partial charge in [-0.1, -0.05) is 0 Å². The van der Waals surface area contributed by atoms with Gasteiger partial charge in [-0.2, -0.15) is 5.10 Å². The van der Waals surface area contributed by atoms with E-state index in [1.807, 2.05) is 36.9 Å². The molecule has 162 valence electrons. The summed E-state index contributed by atoms with van der Waals surface area (Å²) in [5.41, 5.74) is 12.5. The predicted octanol–water partition coefficient (Wildman–Crippen LogP) is 4.60. The topological polar surface area (TPSA) is 114 Å². The molecule has 0 aliphatic carbocycles. The quantitative estimate of drug-likeness (QED) is 0.350. The zero-order valence-corrected chi connectivity index (χ0v) is 17.9. The van der Waals surface area contributed by atoms with E-state index >= 15 is 0 Å². The molecule has 6 rings (SSSR count). The van der Waals surface area contributed by atoms with Crippen LogP contribution in [0.15, 0.2) is 55.0 Å². The maximum atomic E-state index is 14.0. The van der Waals surface area contributed by atoms with Crippen LogP contribution >= 0.6 is 0 Å². The average molecular weight is 438 g/mol. The molecule has 9 heteroatoms. The Morgan fingerprint density at radius 3 is 2.64 bits per heavy atom. The second-order valence-corrected chi connectivity index (χ2v) is 8.02. The molecule has 5 heterocycles. The van der Waals surface area contributed by atoms with Crippen molar-refractivity contribution in [2.75, 3.05) is 5.73 Å². The fourth-order valence-corrected chi connectivity index (χ4v) is 4.18. The number of H-pyrrole nitrogens is 2. The molecule has 0 fully saturated rings. The van der Waals surface area contributed by atoms with Crippen molar-refractivity contribution < 1.29 is 4.39 Å². The maximum absolute atomic E-state index is 14.0. The maximum Gasteiger partial charge on any atom is 0.181 e.